The van der Waals surface area contributed by atoms with Gasteiger partial charge in [0.25, 0.3) is 0 Å². The predicted octanol–water partition coefficient (Wildman–Crippen LogP) is 0.926. The molecule has 0 fully saturated rings. The van der Waals surface area contributed by atoms with E-state index in [1.165, 1.54) is 0 Å². The van der Waals surface area contributed by atoms with E-state index in [0.29, 0.717) is 0 Å². The maximum Gasteiger partial charge on any atom is 0.394 e. The molecule has 10 heavy (non-hydrogen) atoms. The number of alkyl halides is 3. The van der Waals surface area contributed by atoms with E-state index in [0.717, 1.165) is 0 Å². The summed E-state index contributed by atoms with van der Waals surface area (Å²) < 4.78 is 35.4. The summed E-state index contributed by atoms with van der Waals surface area (Å²) in [5, 5.41) is 0. The Hall–Kier alpha value is -0.740. The fourth-order valence-electron chi connectivity index (χ4n) is 0.828. The van der Waals surface area contributed by atoms with Gasteiger partial charge >= 0.3 is 6.18 Å². The quantitative estimate of drug-likeness (QED) is 0.550. The number of rotatable bonds is 0. The van der Waals surface area contributed by atoms with Crippen molar-refractivity contribution in [1.29, 1.82) is 0 Å². The van der Waals surface area contributed by atoms with Gasteiger partial charge in [-0.05, 0) is 0 Å². The summed E-state index contributed by atoms with van der Waals surface area (Å²) in [6, 6.07) is 0. The van der Waals surface area contributed by atoms with Crippen molar-refractivity contribution in [2.75, 3.05) is 6.54 Å². The molecule has 5 heteroatoms. The molecule has 1 atom stereocenters. The maximum absolute atomic E-state index is 11.8. The van der Waals surface area contributed by atoms with Crippen molar-refractivity contribution in [2.24, 2.45) is 16.6 Å². The minimum Gasteiger partial charge on any atom is -0.387 e. The molecule has 1 unspecified atom stereocenters. The van der Waals surface area contributed by atoms with Crippen LogP contribution in [0, 0.1) is 5.92 Å². The Morgan fingerprint density at radius 2 is 2.10 bits per heavy atom. The van der Waals surface area contributed by atoms with Gasteiger partial charge < -0.3 is 5.73 Å². The molecule has 0 saturated carbocycles. The zero-order chi connectivity index (χ0) is 7.78. The number of nitrogens with two attached hydrogens (primary N) is 1. The first-order chi connectivity index (χ1) is 4.50. The van der Waals surface area contributed by atoms with E-state index in [4.69, 9.17) is 5.73 Å². The zero-order valence-electron chi connectivity index (χ0n) is 5.15. The standard InChI is InChI=1S/C5H7F3N2/c6-5(7,8)3-1-4(9)10-2-3/h3H,1-2H2,(H2,9,10). The molecule has 0 bridgehead atoms. The van der Waals surface area contributed by atoms with Crippen LogP contribution in [0.3, 0.4) is 0 Å². The monoisotopic (exact) mass is 152 g/mol. The van der Waals surface area contributed by atoms with Crippen LogP contribution in [0.15, 0.2) is 4.99 Å². The van der Waals surface area contributed by atoms with Crippen molar-refractivity contribution in [3.8, 4) is 0 Å². The summed E-state index contributed by atoms with van der Waals surface area (Å²) in [6.07, 6.45) is -4.27. The van der Waals surface area contributed by atoms with Gasteiger partial charge in [-0.3, -0.25) is 4.99 Å². The van der Waals surface area contributed by atoms with E-state index in [2.05, 4.69) is 4.99 Å². The molecule has 0 spiro atoms. The van der Waals surface area contributed by atoms with E-state index < -0.39 is 12.1 Å². The Kier molecular flexibility index (Phi) is 1.58. The molecule has 0 radical (unpaired) electrons. The van der Waals surface area contributed by atoms with Crippen molar-refractivity contribution < 1.29 is 13.2 Å². The largest absolute Gasteiger partial charge is 0.394 e. The summed E-state index contributed by atoms with van der Waals surface area (Å²) in [5.41, 5.74) is 5.07. The first-order valence-electron chi connectivity index (χ1n) is 2.85. The lowest BCUT2D eigenvalue weighted by atomic mass is 10.1. The van der Waals surface area contributed by atoms with Crippen LogP contribution in [0.4, 0.5) is 13.2 Å². The number of nitrogens with zero attached hydrogens (tertiary/aromatic N) is 1. The highest BCUT2D eigenvalue weighted by molar-refractivity contribution is 5.82. The smallest absolute Gasteiger partial charge is 0.387 e. The first kappa shape index (κ1) is 7.37. The van der Waals surface area contributed by atoms with Crippen LogP contribution in [0.5, 0.6) is 0 Å². The molecule has 58 valence electrons. The molecule has 0 aliphatic carbocycles. The molecular formula is C5H7F3N2. The Morgan fingerprint density at radius 1 is 1.50 bits per heavy atom. The number of halogens is 3. The van der Waals surface area contributed by atoms with Gasteiger partial charge in [0.2, 0.25) is 0 Å². The van der Waals surface area contributed by atoms with Crippen molar-refractivity contribution >= 4 is 5.84 Å². The lowest BCUT2D eigenvalue weighted by Gasteiger charge is -2.11. The van der Waals surface area contributed by atoms with Gasteiger partial charge in [-0.15, -0.1) is 0 Å². The summed E-state index contributed by atoms with van der Waals surface area (Å²) in [7, 11) is 0. The number of hydrogen-bond donors (Lipinski definition) is 1. The molecule has 0 aromatic rings. The van der Waals surface area contributed by atoms with E-state index in [1.807, 2.05) is 0 Å². The Balaban J connectivity index is 2.50. The van der Waals surface area contributed by atoms with Crippen LogP contribution >= 0.6 is 0 Å². The normalized spacial score (nSPS) is 26.7. The summed E-state index contributed by atoms with van der Waals surface area (Å²) in [4.78, 5) is 3.46. The predicted molar refractivity (Wildman–Crippen MR) is 30.7 cm³/mol. The Labute approximate surface area is 55.9 Å². The van der Waals surface area contributed by atoms with Crippen LogP contribution in [0.1, 0.15) is 6.42 Å². The van der Waals surface area contributed by atoms with Crippen molar-refractivity contribution in [1.82, 2.24) is 0 Å². The Morgan fingerprint density at radius 3 is 2.30 bits per heavy atom. The van der Waals surface area contributed by atoms with Crippen LogP contribution in [0.25, 0.3) is 0 Å². The lowest BCUT2D eigenvalue weighted by Crippen LogP contribution is -2.24. The number of amidine groups is 1. The highest BCUT2D eigenvalue weighted by Crippen LogP contribution is 2.31. The van der Waals surface area contributed by atoms with Gasteiger partial charge in [-0.2, -0.15) is 13.2 Å². The fraction of sp³-hybridized carbons (Fsp3) is 0.800. The van der Waals surface area contributed by atoms with Gasteiger partial charge in [-0.1, -0.05) is 0 Å². The third kappa shape index (κ3) is 1.40. The SMILES string of the molecule is NC1=NCC(C(F)(F)F)C1. The second-order valence-electron chi connectivity index (χ2n) is 2.27. The van der Waals surface area contributed by atoms with Crippen LogP contribution < -0.4 is 5.73 Å². The van der Waals surface area contributed by atoms with Crippen LogP contribution in [-0.2, 0) is 0 Å². The van der Waals surface area contributed by atoms with E-state index in [9.17, 15) is 13.2 Å². The summed E-state index contributed by atoms with van der Waals surface area (Å²) in [6.45, 7) is -0.199. The van der Waals surface area contributed by atoms with Gasteiger partial charge in [0.1, 0.15) is 0 Å². The van der Waals surface area contributed by atoms with Gasteiger partial charge in [0.05, 0.1) is 18.3 Å². The summed E-state index contributed by atoms with van der Waals surface area (Å²) in [5.74, 6) is -1.23. The average Bonchev–Trinajstić information content (AvgIpc) is 2.11. The minimum atomic E-state index is -4.13. The lowest BCUT2D eigenvalue weighted by molar-refractivity contribution is -0.167. The third-order valence-electron chi connectivity index (χ3n) is 1.43. The van der Waals surface area contributed by atoms with Crippen LogP contribution in [-0.4, -0.2) is 18.6 Å². The minimum absolute atomic E-state index is 0.113. The molecule has 0 aromatic carbocycles. The topological polar surface area (TPSA) is 38.4 Å². The van der Waals surface area contributed by atoms with E-state index in [1.54, 1.807) is 0 Å². The van der Waals surface area contributed by atoms with Gasteiger partial charge in [0, 0.05) is 6.42 Å². The Bertz CT molecular complexity index is 161. The molecule has 2 N–H and O–H groups in total. The van der Waals surface area contributed by atoms with E-state index in [-0.39, 0.29) is 18.8 Å². The van der Waals surface area contributed by atoms with E-state index >= 15 is 0 Å². The molecule has 2 nitrogen and oxygen atoms in total. The molecular weight excluding hydrogens is 145 g/mol. The van der Waals surface area contributed by atoms with Gasteiger partial charge in [0.15, 0.2) is 0 Å². The molecule has 1 rings (SSSR count). The third-order valence-corrected chi connectivity index (χ3v) is 1.43. The second kappa shape index (κ2) is 2.14. The highest BCUT2D eigenvalue weighted by atomic mass is 19.4. The zero-order valence-corrected chi connectivity index (χ0v) is 5.15. The van der Waals surface area contributed by atoms with Gasteiger partial charge in [-0.25, -0.2) is 0 Å². The molecule has 1 aliphatic rings. The highest BCUT2D eigenvalue weighted by Gasteiger charge is 2.41. The number of aliphatic imine (C=N–C) groups is 1. The second-order valence-corrected chi connectivity index (χ2v) is 2.27. The fourth-order valence-corrected chi connectivity index (χ4v) is 0.828. The summed E-state index contributed by atoms with van der Waals surface area (Å²) >= 11 is 0. The first-order valence-corrected chi connectivity index (χ1v) is 2.85. The molecule has 1 aliphatic heterocycles. The number of hydrogen-bond acceptors (Lipinski definition) is 2. The molecule has 0 amide bonds. The van der Waals surface area contributed by atoms with Crippen LogP contribution in [0.2, 0.25) is 0 Å². The average molecular weight is 152 g/mol. The van der Waals surface area contributed by atoms with Crippen molar-refractivity contribution in [2.45, 2.75) is 12.6 Å². The van der Waals surface area contributed by atoms with Crippen molar-refractivity contribution in [3.05, 3.63) is 0 Å². The van der Waals surface area contributed by atoms with Crippen molar-refractivity contribution in [3.63, 3.8) is 0 Å². The molecule has 0 aromatic heterocycles. The maximum atomic E-state index is 11.8. The molecule has 1 heterocycles. The molecule has 0 saturated heterocycles.